The molecule has 0 aliphatic carbocycles. The van der Waals surface area contributed by atoms with Gasteiger partial charge in [0.1, 0.15) is 5.75 Å². The van der Waals surface area contributed by atoms with Crippen molar-refractivity contribution in [2.75, 3.05) is 13.2 Å². The number of amides is 1. The van der Waals surface area contributed by atoms with Gasteiger partial charge in [-0.2, -0.15) is 0 Å². The summed E-state index contributed by atoms with van der Waals surface area (Å²) in [4.78, 5) is 14.5. The molecular weight excluding hydrogens is 499 g/mol. The number of rotatable bonds is 12. The van der Waals surface area contributed by atoms with Crippen LogP contribution in [0.15, 0.2) is 109 Å². The molecule has 1 heterocycles. The van der Waals surface area contributed by atoms with Gasteiger partial charge in [-0.1, -0.05) is 84.9 Å². The van der Waals surface area contributed by atoms with Gasteiger partial charge in [-0.25, -0.2) is 0 Å². The summed E-state index contributed by atoms with van der Waals surface area (Å²) < 4.78 is 6.16. The lowest BCUT2D eigenvalue weighted by Crippen LogP contribution is -2.23. The number of aromatic amines is 1. The van der Waals surface area contributed by atoms with E-state index in [1.807, 2.05) is 12.3 Å². The quantitative estimate of drug-likeness (QED) is 0.152. The molecule has 4 nitrogen and oxygen atoms in total. The number of hydrogen-bond donors (Lipinski definition) is 2. The first kappa shape index (κ1) is 26.7. The van der Waals surface area contributed by atoms with Crippen LogP contribution in [0.1, 0.15) is 30.9 Å². The number of ether oxygens (including phenoxy) is 1. The Labute approximate surface area is 232 Å². The predicted molar refractivity (Wildman–Crippen MR) is 164 cm³/mol. The van der Waals surface area contributed by atoms with Crippen molar-refractivity contribution >= 4 is 40.6 Å². The van der Waals surface area contributed by atoms with Gasteiger partial charge in [0.05, 0.1) is 6.61 Å². The number of carbonyl (C=O) groups is 1. The fraction of sp³-hybridized carbons (Fsp3) is 0.206. The first-order chi connectivity index (χ1) is 19.2. The zero-order chi connectivity index (χ0) is 26.9. The first-order valence-electron chi connectivity index (χ1n) is 13.6. The van der Waals surface area contributed by atoms with Crippen LogP contribution in [0.25, 0.3) is 10.9 Å². The maximum Gasteiger partial charge on any atom is 0.216 e. The highest BCUT2D eigenvalue weighted by molar-refractivity contribution is 7.79. The van der Waals surface area contributed by atoms with E-state index < -0.39 is 7.92 Å². The fourth-order valence-corrected chi connectivity index (χ4v) is 7.46. The van der Waals surface area contributed by atoms with E-state index in [0.29, 0.717) is 13.2 Å². The SMILES string of the molecule is CC(=O)NCCc1c[nH]c2ccc(OCCCCc3ccccc3P(c3ccccc3)c3ccccc3)cc12. The average molecular weight is 535 g/mol. The van der Waals surface area contributed by atoms with E-state index in [1.165, 1.54) is 27.0 Å². The number of H-pyrrole nitrogens is 1. The van der Waals surface area contributed by atoms with Gasteiger partial charge in [0.25, 0.3) is 0 Å². The van der Waals surface area contributed by atoms with Crippen LogP contribution >= 0.6 is 7.92 Å². The van der Waals surface area contributed by atoms with Crippen LogP contribution in [0.2, 0.25) is 0 Å². The molecule has 5 aromatic rings. The number of nitrogens with one attached hydrogen (secondary N) is 2. The second kappa shape index (κ2) is 13.3. The molecule has 0 spiro atoms. The van der Waals surface area contributed by atoms with Gasteiger partial charge in [0.15, 0.2) is 0 Å². The van der Waals surface area contributed by atoms with Gasteiger partial charge in [0.2, 0.25) is 5.91 Å². The van der Waals surface area contributed by atoms with Crippen LogP contribution in [-0.4, -0.2) is 24.0 Å². The van der Waals surface area contributed by atoms with E-state index in [4.69, 9.17) is 4.74 Å². The number of carbonyl (C=O) groups excluding carboxylic acids is 1. The van der Waals surface area contributed by atoms with Crippen molar-refractivity contribution in [3.8, 4) is 5.75 Å². The zero-order valence-corrected chi connectivity index (χ0v) is 23.3. The fourth-order valence-electron chi connectivity index (χ4n) is 4.96. The molecule has 1 aromatic heterocycles. The number of aromatic nitrogens is 1. The van der Waals surface area contributed by atoms with Gasteiger partial charge in [-0.3, -0.25) is 4.79 Å². The van der Waals surface area contributed by atoms with Crippen LogP contribution in [0.4, 0.5) is 0 Å². The van der Waals surface area contributed by atoms with Gasteiger partial charge in [-0.05, 0) is 78.8 Å². The molecule has 5 rings (SSSR count). The summed E-state index contributed by atoms with van der Waals surface area (Å²) in [7, 11) is -0.609. The van der Waals surface area contributed by atoms with Crippen molar-refractivity contribution in [2.24, 2.45) is 0 Å². The van der Waals surface area contributed by atoms with Gasteiger partial charge in [0, 0.05) is 30.6 Å². The van der Waals surface area contributed by atoms with Crippen molar-refractivity contribution in [2.45, 2.75) is 32.6 Å². The Morgan fingerprint density at radius 2 is 1.49 bits per heavy atom. The third-order valence-electron chi connectivity index (χ3n) is 6.88. The molecule has 5 heteroatoms. The standard InChI is InChI=1S/C34H35N2O2P/c1-26(37)35-22-21-28-25-36-33-20-19-29(24-32(28)33)38-23-11-10-13-27-12-8-9-18-34(27)39(30-14-4-2-5-15-30)31-16-6-3-7-17-31/h2-9,12,14-20,24-25,36H,10-11,13,21-23H2,1H3,(H,35,37). The molecule has 0 aliphatic heterocycles. The second-order valence-electron chi connectivity index (χ2n) is 9.70. The molecule has 0 bridgehead atoms. The molecule has 0 radical (unpaired) electrons. The summed E-state index contributed by atoms with van der Waals surface area (Å²) in [5, 5.41) is 8.23. The molecule has 2 N–H and O–H groups in total. The third-order valence-corrected chi connectivity index (χ3v) is 9.42. The van der Waals surface area contributed by atoms with Crippen molar-refractivity contribution in [1.29, 1.82) is 0 Å². The van der Waals surface area contributed by atoms with Gasteiger partial charge < -0.3 is 15.0 Å². The van der Waals surface area contributed by atoms with E-state index in [-0.39, 0.29) is 5.91 Å². The molecule has 0 saturated heterocycles. The first-order valence-corrected chi connectivity index (χ1v) is 15.0. The smallest absolute Gasteiger partial charge is 0.216 e. The lowest BCUT2D eigenvalue weighted by atomic mass is 10.1. The second-order valence-corrected chi connectivity index (χ2v) is 11.9. The summed E-state index contributed by atoms with van der Waals surface area (Å²) in [6.45, 7) is 2.86. The molecule has 0 aliphatic rings. The van der Waals surface area contributed by atoms with Crippen molar-refractivity contribution in [3.05, 3.63) is 120 Å². The molecule has 0 unspecified atom stereocenters. The Balaban J connectivity index is 1.21. The minimum atomic E-state index is -0.609. The molecular formula is C34H35N2O2P. The van der Waals surface area contributed by atoms with Crippen LogP contribution in [0.5, 0.6) is 5.75 Å². The molecule has 39 heavy (non-hydrogen) atoms. The lowest BCUT2D eigenvalue weighted by molar-refractivity contribution is -0.118. The Hall–Kier alpha value is -3.88. The summed E-state index contributed by atoms with van der Waals surface area (Å²) in [6.07, 6.45) is 5.90. The molecule has 4 aromatic carbocycles. The van der Waals surface area contributed by atoms with Gasteiger partial charge in [-0.15, -0.1) is 0 Å². The van der Waals surface area contributed by atoms with Gasteiger partial charge >= 0.3 is 0 Å². The third kappa shape index (κ3) is 6.96. The highest BCUT2D eigenvalue weighted by Gasteiger charge is 2.18. The summed E-state index contributed by atoms with van der Waals surface area (Å²) in [6, 6.07) is 36.9. The van der Waals surface area contributed by atoms with Crippen LogP contribution in [-0.2, 0) is 17.6 Å². The van der Waals surface area contributed by atoms with Crippen LogP contribution in [0.3, 0.4) is 0 Å². The molecule has 0 saturated carbocycles. The molecule has 198 valence electrons. The van der Waals surface area contributed by atoms with E-state index in [2.05, 4.69) is 107 Å². The number of aryl methyl sites for hydroxylation is 1. The Bertz CT molecular complexity index is 1460. The Kier molecular flexibility index (Phi) is 9.09. The average Bonchev–Trinajstić information content (AvgIpc) is 3.37. The predicted octanol–water partition coefficient (Wildman–Crippen LogP) is 6.01. The number of hydrogen-bond acceptors (Lipinski definition) is 2. The maximum atomic E-state index is 11.2. The molecule has 1 amide bonds. The number of benzene rings is 4. The minimum absolute atomic E-state index is 0.00164. The highest BCUT2D eigenvalue weighted by Crippen LogP contribution is 2.34. The highest BCUT2D eigenvalue weighted by atomic mass is 31.1. The summed E-state index contributed by atoms with van der Waals surface area (Å²) in [5.74, 6) is 0.887. The van der Waals surface area contributed by atoms with Crippen molar-refractivity contribution in [3.63, 3.8) is 0 Å². The summed E-state index contributed by atoms with van der Waals surface area (Å²) in [5.41, 5.74) is 3.70. The zero-order valence-electron chi connectivity index (χ0n) is 22.4. The maximum absolute atomic E-state index is 11.2. The lowest BCUT2D eigenvalue weighted by Gasteiger charge is -2.22. The van der Waals surface area contributed by atoms with E-state index in [9.17, 15) is 4.79 Å². The number of unbranched alkanes of at least 4 members (excludes halogenated alkanes) is 1. The largest absolute Gasteiger partial charge is 0.494 e. The van der Waals surface area contributed by atoms with E-state index in [1.54, 1.807) is 6.92 Å². The van der Waals surface area contributed by atoms with E-state index in [0.717, 1.165) is 42.3 Å². The number of fused-ring (bicyclic) bond motifs is 1. The Morgan fingerprint density at radius 1 is 0.795 bits per heavy atom. The topological polar surface area (TPSA) is 54.1 Å². The van der Waals surface area contributed by atoms with Crippen molar-refractivity contribution < 1.29 is 9.53 Å². The van der Waals surface area contributed by atoms with Crippen molar-refractivity contribution in [1.82, 2.24) is 10.3 Å². The van der Waals surface area contributed by atoms with Crippen LogP contribution < -0.4 is 26.0 Å². The molecule has 0 atom stereocenters. The molecule has 0 fully saturated rings. The monoisotopic (exact) mass is 534 g/mol. The van der Waals surface area contributed by atoms with E-state index >= 15 is 0 Å². The summed E-state index contributed by atoms with van der Waals surface area (Å²) >= 11 is 0. The van der Waals surface area contributed by atoms with Crippen LogP contribution in [0, 0.1) is 0 Å². The Morgan fingerprint density at radius 3 is 2.21 bits per heavy atom. The normalized spacial score (nSPS) is 11.1. The minimum Gasteiger partial charge on any atom is -0.494 e.